The summed E-state index contributed by atoms with van der Waals surface area (Å²) in [6.45, 7) is 1.39. The maximum absolute atomic E-state index is 11.7. The monoisotopic (exact) mass is 238 g/mol. The lowest BCUT2D eigenvalue weighted by Crippen LogP contribution is -2.27. The van der Waals surface area contributed by atoms with Crippen LogP contribution in [0.2, 0.25) is 0 Å². The summed E-state index contributed by atoms with van der Waals surface area (Å²) < 4.78 is 5.35. The van der Waals surface area contributed by atoms with Crippen molar-refractivity contribution in [2.75, 3.05) is 11.9 Å². The molecule has 0 atom stereocenters. The molecular formula is C11H14N2O2S. The number of rotatable bonds is 2. The van der Waals surface area contributed by atoms with Gasteiger partial charge in [0, 0.05) is 12.3 Å². The third kappa shape index (κ3) is 1.85. The highest BCUT2D eigenvalue weighted by Crippen LogP contribution is 2.30. The number of carbonyl (C=O) groups excluding carboxylic acids is 1. The predicted molar refractivity (Wildman–Crippen MR) is 61.4 cm³/mol. The molecule has 16 heavy (non-hydrogen) atoms. The molecule has 0 radical (unpaired) electrons. The molecule has 0 bridgehead atoms. The SMILES string of the molecule is O=C(Nc1nc2c(s1)COCC2)C1CCC1. The molecule has 0 aromatic carbocycles. The van der Waals surface area contributed by atoms with Crippen LogP contribution in [0.25, 0.3) is 0 Å². The molecule has 1 aromatic rings. The summed E-state index contributed by atoms with van der Waals surface area (Å²) >= 11 is 1.55. The Kier molecular flexibility index (Phi) is 2.65. The number of aromatic nitrogens is 1. The highest BCUT2D eigenvalue weighted by atomic mass is 32.1. The van der Waals surface area contributed by atoms with E-state index in [0.717, 1.165) is 41.6 Å². The molecule has 0 saturated heterocycles. The fourth-order valence-corrected chi connectivity index (χ4v) is 2.91. The Bertz CT molecular complexity index is 389. The van der Waals surface area contributed by atoms with Crippen molar-refractivity contribution in [1.82, 2.24) is 4.98 Å². The summed E-state index contributed by atoms with van der Waals surface area (Å²) in [5.74, 6) is 0.357. The van der Waals surface area contributed by atoms with Gasteiger partial charge in [-0.2, -0.15) is 0 Å². The largest absolute Gasteiger partial charge is 0.375 e. The summed E-state index contributed by atoms with van der Waals surface area (Å²) in [5, 5.41) is 3.66. The van der Waals surface area contributed by atoms with E-state index in [9.17, 15) is 4.79 Å². The van der Waals surface area contributed by atoms with Crippen molar-refractivity contribution < 1.29 is 9.53 Å². The number of thiazole rings is 1. The van der Waals surface area contributed by atoms with E-state index in [4.69, 9.17) is 4.74 Å². The molecule has 2 heterocycles. The average molecular weight is 238 g/mol. The molecule has 1 fully saturated rings. The fraction of sp³-hybridized carbons (Fsp3) is 0.636. The van der Waals surface area contributed by atoms with Crippen LogP contribution in [0.4, 0.5) is 5.13 Å². The van der Waals surface area contributed by atoms with Crippen molar-refractivity contribution in [2.45, 2.75) is 32.3 Å². The van der Waals surface area contributed by atoms with Crippen LogP contribution in [-0.2, 0) is 22.6 Å². The van der Waals surface area contributed by atoms with E-state index in [1.807, 2.05) is 0 Å². The average Bonchev–Trinajstić information content (AvgIpc) is 2.56. The van der Waals surface area contributed by atoms with Crippen molar-refractivity contribution in [2.24, 2.45) is 5.92 Å². The number of ether oxygens (including phenoxy) is 1. The molecule has 0 spiro atoms. The second-order valence-electron chi connectivity index (χ2n) is 4.31. The minimum absolute atomic E-state index is 0.137. The molecule has 5 heteroatoms. The number of nitrogens with zero attached hydrogens (tertiary/aromatic N) is 1. The first-order chi connectivity index (χ1) is 7.83. The number of anilines is 1. The zero-order chi connectivity index (χ0) is 11.0. The van der Waals surface area contributed by atoms with Gasteiger partial charge in [-0.05, 0) is 12.8 Å². The number of carbonyl (C=O) groups is 1. The molecule has 1 aliphatic heterocycles. The maximum Gasteiger partial charge on any atom is 0.229 e. The molecule has 0 unspecified atom stereocenters. The third-order valence-corrected chi connectivity index (χ3v) is 4.19. The number of fused-ring (bicyclic) bond motifs is 1. The van der Waals surface area contributed by atoms with Gasteiger partial charge in [0.15, 0.2) is 5.13 Å². The minimum atomic E-state index is 0.137. The number of amides is 1. The van der Waals surface area contributed by atoms with Crippen LogP contribution in [0.15, 0.2) is 0 Å². The first kappa shape index (κ1) is 10.2. The smallest absolute Gasteiger partial charge is 0.229 e. The zero-order valence-corrected chi connectivity index (χ0v) is 9.81. The van der Waals surface area contributed by atoms with Crippen molar-refractivity contribution >= 4 is 22.4 Å². The zero-order valence-electron chi connectivity index (χ0n) is 8.99. The molecule has 3 rings (SSSR count). The first-order valence-corrected chi connectivity index (χ1v) is 6.52. The van der Waals surface area contributed by atoms with Gasteiger partial charge in [-0.1, -0.05) is 17.8 Å². The second-order valence-corrected chi connectivity index (χ2v) is 5.39. The van der Waals surface area contributed by atoms with Crippen LogP contribution in [0.1, 0.15) is 29.8 Å². The molecule has 1 aliphatic carbocycles. The summed E-state index contributed by atoms with van der Waals surface area (Å²) in [5.41, 5.74) is 1.10. The lowest BCUT2D eigenvalue weighted by atomic mass is 9.85. The number of hydrogen-bond acceptors (Lipinski definition) is 4. The van der Waals surface area contributed by atoms with Gasteiger partial charge in [0.1, 0.15) is 0 Å². The molecule has 1 amide bonds. The Morgan fingerprint density at radius 2 is 2.38 bits per heavy atom. The topological polar surface area (TPSA) is 51.2 Å². The predicted octanol–water partition coefficient (Wildman–Crippen LogP) is 1.95. The molecule has 1 aromatic heterocycles. The van der Waals surface area contributed by atoms with Crippen LogP contribution in [-0.4, -0.2) is 17.5 Å². The highest BCUT2D eigenvalue weighted by molar-refractivity contribution is 7.15. The second kappa shape index (κ2) is 4.14. The van der Waals surface area contributed by atoms with Crippen molar-refractivity contribution in [1.29, 1.82) is 0 Å². The van der Waals surface area contributed by atoms with Gasteiger partial charge in [0.05, 0.1) is 23.8 Å². The van der Waals surface area contributed by atoms with E-state index in [1.165, 1.54) is 6.42 Å². The maximum atomic E-state index is 11.7. The van der Waals surface area contributed by atoms with E-state index in [2.05, 4.69) is 10.3 Å². The van der Waals surface area contributed by atoms with Gasteiger partial charge in [-0.15, -0.1) is 0 Å². The van der Waals surface area contributed by atoms with Crippen LogP contribution in [0.3, 0.4) is 0 Å². The summed E-state index contributed by atoms with van der Waals surface area (Å²) in [4.78, 5) is 17.3. The number of nitrogens with one attached hydrogen (secondary N) is 1. The molecule has 1 saturated carbocycles. The molecule has 2 aliphatic rings. The lowest BCUT2D eigenvalue weighted by Gasteiger charge is -2.23. The van der Waals surface area contributed by atoms with Gasteiger partial charge in [0.2, 0.25) is 5.91 Å². The highest BCUT2D eigenvalue weighted by Gasteiger charge is 2.26. The molecular weight excluding hydrogens is 224 g/mol. The Hall–Kier alpha value is -0.940. The summed E-state index contributed by atoms with van der Waals surface area (Å²) in [7, 11) is 0. The van der Waals surface area contributed by atoms with E-state index >= 15 is 0 Å². The van der Waals surface area contributed by atoms with Crippen molar-refractivity contribution in [3.8, 4) is 0 Å². The third-order valence-electron chi connectivity index (χ3n) is 3.20. The Morgan fingerprint density at radius 3 is 3.06 bits per heavy atom. The van der Waals surface area contributed by atoms with Crippen LogP contribution < -0.4 is 5.32 Å². The van der Waals surface area contributed by atoms with Crippen molar-refractivity contribution in [3.63, 3.8) is 0 Å². The Labute approximate surface area is 98.0 Å². The van der Waals surface area contributed by atoms with Crippen LogP contribution in [0.5, 0.6) is 0 Å². The van der Waals surface area contributed by atoms with Gasteiger partial charge < -0.3 is 10.1 Å². The van der Waals surface area contributed by atoms with Crippen LogP contribution in [0, 0.1) is 5.92 Å². The summed E-state index contributed by atoms with van der Waals surface area (Å²) in [6, 6.07) is 0. The van der Waals surface area contributed by atoms with Gasteiger partial charge in [-0.3, -0.25) is 4.79 Å². The van der Waals surface area contributed by atoms with E-state index in [1.54, 1.807) is 11.3 Å². The minimum Gasteiger partial charge on any atom is -0.375 e. The van der Waals surface area contributed by atoms with E-state index in [0.29, 0.717) is 6.61 Å². The quantitative estimate of drug-likeness (QED) is 0.856. The van der Waals surface area contributed by atoms with Gasteiger partial charge in [0.25, 0.3) is 0 Å². The lowest BCUT2D eigenvalue weighted by molar-refractivity contribution is -0.122. The van der Waals surface area contributed by atoms with E-state index in [-0.39, 0.29) is 11.8 Å². The molecule has 86 valence electrons. The van der Waals surface area contributed by atoms with E-state index < -0.39 is 0 Å². The van der Waals surface area contributed by atoms with Gasteiger partial charge in [-0.25, -0.2) is 4.98 Å². The van der Waals surface area contributed by atoms with Crippen LogP contribution >= 0.6 is 11.3 Å². The number of hydrogen-bond donors (Lipinski definition) is 1. The van der Waals surface area contributed by atoms with Gasteiger partial charge >= 0.3 is 0 Å². The molecule has 4 nitrogen and oxygen atoms in total. The van der Waals surface area contributed by atoms with Crippen molar-refractivity contribution in [3.05, 3.63) is 10.6 Å². The standard InChI is InChI=1S/C11H14N2O2S/c14-10(7-2-1-3-7)13-11-12-8-4-5-15-6-9(8)16-11/h7H,1-6H2,(H,12,13,14). The summed E-state index contributed by atoms with van der Waals surface area (Å²) in [6.07, 6.45) is 4.10. The first-order valence-electron chi connectivity index (χ1n) is 5.70. The fourth-order valence-electron chi connectivity index (χ4n) is 1.96. The Morgan fingerprint density at radius 1 is 1.50 bits per heavy atom. The molecule has 1 N–H and O–H groups in total. The normalized spacial score (nSPS) is 20.0. The Balaban J connectivity index is 1.69.